The Balaban J connectivity index is 1.15. The second-order valence-corrected chi connectivity index (χ2v) is 11.1. The van der Waals surface area contributed by atoms with Gasteiger partial charge in [-0.05, 0) is 49.7 Å². The van der Waals surface area contributed by atoms with Gasteiger partial charge in [0, 0.05) is 44.3 Å². The highest BCUT2D eigenvalue weighted by atomic mass is 32.1. The number of rotatable bonds is 4. The molecule has 3 aliphatic rings. The van der Waals surface area contributed by atoms with Crippen LogP contribution in [0, 0.1) is 0 Å². The summed E-state index contributed by atoms with van der Waals surface area (Å²) in [5.41, 5.74) is 1.84. The van der Waals surface area contributed by atoms with Crippen molar-refractivity contribution in [2.75, 3.05) is 39.4 Å². The van der Waals surface area contributed by atoms with Gasteiger partial charge in [0.05, 0.1) is 17.3 Å². The Bertz CT molecular complexity index is 1270. The molecular weight excluding hydrogens is 460 g/mol. The van der Waals surface area contributed by atoms with Crippen molar-refractivity contribution in [3.63, 3.8) is 0 Å². The summed E-state index contributed by atoms with van der Waals surface area (Å²) < 4.78 is 5.62. The lowest BCUT2D eigenvalue weighted by Gasteiger charge is -2.43. The van der Waals surface area contributed by atoms with Crippen LogP contribution in [0.15, 0.2) is 35.1 Å². The lowest BCUT2D eigenvalue weighted by Crippen LogP contribution is -2.55. The summed E-state index contributed by atoms with van der Waals surface area (Å²) in [7, 11) is 0. The molecule has 1 aliphatic carbocycles. The summed E-state index contributed by atoms with van der Waals surface area (Å²) in [6, 6.07) is 10.2. The number of hydrogen-bond acceptors (Lipinski definition) is 6. The van der Waals surface area contributed by atoms with Crippen molar-refractivity contribution in [2.45, 2.75) is 50.5 Å². The number of ether oxygens (including phenoxy) is 1. The number of aromatic amines is 1. The fourth-order valence-corrected chi connectivity index (χ4v) is 7.29. The van der Waals surface area contributed by atoms with E-state index in [0.717, 1.165) is 66.8 Å². The first-order chi connectivity index (χ1) is 17.1. The Morgan fingerprint density at radius 2 is 1.80 bits per heavy atom. The number of aryl methyl sites for hydroxylation is 2. The number of amides is 1. The van der Waals surface area contributed by atoms with Gasteiger partial charge >= 0.3 is 0 Å². The monoisotopic (exact) mass is 492 g/mol. The van der Waals surface area contributed by atoms with Gasteiger partial charge in [-0.25, -0.2) is 4.98 Å². The lowest BCUT2D eigenvalue weighted by atomic mass is 9.73. The number of carbonyl (C=O) groups excluding carboxylic acids is 1. The molecular formula is C27H32N4O3S. The molecule has 2 aromatic heterocycles. The number of nitrogens with one attached hydrogen (secondary N) is 1. The van der Waals surface area contributed by atoms with Gasteiger partial charge in [0.15, 0.2) is 0 Å². The van der Waals surface area contributed by atoms with Crippen molar-refractivity contribution < 1.29 is 9.53 Å². The third-order valence-corrected chi connectivity index (χ3v) is 9.17. The molecule has 1 N–H and O–H groups in total. The average Bonchev–Trinajstić information content (AvgIpc) is 3.28. The largest absolute Gasteiger partial charge is 0.381 e. The van der Waals surface area contributed by atoms with E-state index in [1.807, 2.05) is 23.1 Å². The molecule has 0 saturated carbocycles. The molecule has 7 nitrogen and oxygen atoms in total. The fourth-order valence-electron chi connectivity index (χ4n) is 6.01. The molecule has 0 atom stereocenters. The first-order valence-corrected chi connectivity index (χ1v) is 13.6. The van der Waals surface area contributed by atoms with Crippen LogP contribution in [-0.4, -0.2) is 65.1 Å². The van der Waals surface area contributed by atoms with E-state index in [2.05, 4.69) is 22.0 Å². The molecule has 8 heteroatoms. The van der Waals surface area contributed by atoms with Crippen molar-refractivity contribution >= 4 is 27.5 Å². The minimum Gasteiger partial charge on any atom is -0.381 e. The number of benzene rings is 1. The molecule has 184 valence electrons. The Hall–Kier alpha value is -2.55. The number of carbonyl (C=O) groups is 1. The molecule has 2 aliphatic heterocycles. The Morgan fingerprint density at radius 3 is 2.57 bits per heavy atom. The molecule has 1 aromatic carbocycles. The first kappa shape index (κ1) is 22.9. The van der Waals surface area contributed by atoms with E-state index in [9.17, 15) is 9.59 Å². The Morgan fingerprint density at radius 1 is 1.06 bits per heavy atom. The molecule has 3 aromatic rings. The smallest absolute Gasteiger partial charge is 0.259 e. The van der Waals surface area contributed by atoms with E-state index < -0.39 is 5.41 Å². The van der Waals surface area contributed by atoms with Crippen LogP contribution in [0.5, 0.6) is 0 Å². The van der Waals surface area contributed by atoms with Gasteiger partial charge in [-0.3, -0.25) is 14.5 Å². The van der Waals surface area contributed by atoms with Gasteiger partial charge in [0.1, 0.15) is 10.7 Å². The van der Waals surface area contributed by atoms with Crippen LogP contribution in [0.3, 0.4) is 0 Å². The van der Waals surface area contributed by atoms with E-state index in [1.54, 1.807) is 11.3 Å². The second-order valence-electron chi connectivity index (χ2n) is 10.0. The van der Waals surface area contributed by atoms with Crippen LogP contribution in [0.25, 0.3) is 10.2 Å². The van der Waals surface area contributed by atoms with Gasteiger partial charge < -0.3 is 14.6 Å². The number of fused-ring (bicyclic) bond motifs is 3. The van der Waals surface area contributed by atoms with Crippen molar-refractivity contribution in [2.24, 2.45) is 0 Å². The summed E-state index contributed by atoms with van der Waals surface area (Å²) >= 11 is 1.69. The van der Waals surface area contributed by atoms with Crippen molar-refractivity contribution in [1.82, 2.24) is 19.8 Å². The number of hydrogen-bond donors (Lipinski definition) is 1. The minimum atomic E-state index is -0.488. The third kappa shape index (κ3) is 4.21. The van der Waals surface area contributed by atoms with Gasteiger partial charge in [0.25, 0.3) is 5.56 Å². The van der Waals surface area contributed by atoms with Crippen LogP contribution in [0.2, 0.25) is 0 Å². The molecule has 0 spiro atoms. The average molecular weight is 493 g/mol. The predicted octanol–water partition coefficient (Wildman–Crippen LogP) is 3.26. The highest BCUT2D eigenvalue weighted by Crippen LogP contribution is 2.37. The second kappa shape index (κ2) is 9.48. The topological polar surface area (TPSA) is 78.5 Å². The van der Waals surface area contributed by atoms with Crippen molar-refractivity contribution in [3.05, 3.63) is 62.5 Å². The summed E-state index contributed by atoms with van der Waals surface area (Å²) in [6.45, 7) is 4.77. The minimum absolute atomic E-state index is 0.00235. The highest BCUT2D eigenvalue weighted by molar-refractivity contribution is 7.18. The number of thiophene rings is 1. The Kier molecular flexibility index (Phi) is 6.20. The van der Waals surface area contributed by atoms with Gasteiger partial charge in [-0.2, -0.15) is 0 Å². The van der Waals surface area contributed by atoms with Crippen LogP contribution >= 0.6 is 11.3 Å². The molecule has 6 rings (SSSR count). The maximum absolute atomic E-state index is 13.8. The predicted molar refractivity (Wildman–Crippen MR) is 137 cm³/mol. The lowest BCUT2D eigenvalue weighted by molar-refractivity contribution is -0.143. The van der Waals surface area contributed by atoms with E-state index in [4.69, 9.17) is 9.72 Å². The van der Waals surface area contributed by atoms with Crippen molar-refractivity contribution in [1.29, 1.82) is 0 Å². The number of piperazine rings is 1. The van der Waals surface area contributed by atoms with E-state index in [1.165, 1.54) is 16.9 Å². The normalized spacial score (nSPS) is 20.6. The molecule has 1 amide bonds. The maximum Gasteiger partial charge on any atom is 0.259 e. The van der Waals surface area contributed by atoms with Gasteiger partial charge in [-0.1, -0.05) is 30.3 Å². The van der Waals surface area contributed by atoms with Crippen molar-refractivity contribution in [3.8, 4) is 0 Å². The van der Waals surface area contributed by atoms with Gasteiger partial charge in [0.2, 0.25) is 5.91 Å². The van der Waals surface area contributed by atoms with Crippen LogP contribution in [0.4, 0.5) is 0 Å². The third-order valence-electron chi connectivity index (χ3n) is 7.99. The van der Waals surface area contributed by atoms with Crippen LogP contribution in [0.1, 0.15) is 47.5 Å². The fraction of sp³-hybridized carbons (Fsp3) is 0.519. The zero-order valence-electron chi connectivity index (χ0n) is 20.1. The summed E-state index contributed by atoms with van der Waals surface area (Å²) in [5, 5.41) is 0.812. The number of aromatic nitrogens is 2. The Labute approximate surface area is 209 Å². The van der Waals surface area contributed by atoms with Crippen LogP contribution in [-0.2, 0) is 34.3 Å². The maximum atomic E-state index is 13.8. The first-order valence-electron chi connectivity index (χ1n) is 12.8. The number of nitrogens with zero attached hydrogens (tertiary/aromatic N) is 3. The standard InChI is InChI=1S/C27H32N4O3S/c32-24-23-20-8-4-5-9-21(20)35-25(23)29-22(28-24)18-30-12-14-31(15-13-30)26(33)27(10-16-34-17-11-27)19-6-2-1-3-7-19/h1-3,6-7H,4-5,8-18H2,(H,28,29,32). The molecule has 0 radical (unpaired) electrons. The highest BCUT2D eigenvalue weighted by Gasteiger charge is 2.44. The SMILES string of the molecule is O=C(N1CCN(Cc2nc3sc4c(c3c(=O)[nH]2)CCCC4)CC1)C1(c2ccccc2)CCOCC1. The molecule has 0 unspecified atom stereocenters. The van der Waals surface area contributed by atoms with Gasteiger partial charge in [-0.15, -0.1) is 11.3 Å². The van der Waals surface area contributed by atoms with Crippen LogP contribution < -0.4 is 5.56 Å². The molecule has 4 heterocycles. The van der Waals surface area contributed by atoms with E-state index in [0.29, 0.717) is 32.8 Å². The zero-order chi connectivity index (χ0) is 23.8. The molecule has 2 saturated heterocycles. The summed E-state index contributed by atoms with van der Waals surface area (Å²) in [5.74, 6) is 0.954. The zero-order valence-corrected chi connectivity index (χ0v) is 20.9. The molecule has 35 heavy (non-hydrogen) atoms. The summed E-state index contributed by atoms with van der Waals surface area (Å²) in [4.78, 5) is 41.1. The summed E-state index contributed by atoms with van der Waals surface area (Å²) in [6.07, 6.45) is 5.87. The quantitative estimate of drug-likeness (QED) is 0.605. The van der Waals surface area contributed by atoms with E-state index in [-0.39, 0.29) is 11.5 Å². The van der Waals surface area contributed by atoms with E-state index >= 15 is 0 Å². The molecule has 0 bridgehead atoms. The number of H-pyrrole nitrogens is 1. The molecule has 2 fully saturated rings.